The minimum absolute atomic E-state index is 0.108. The van der Waals surface area contributed by atoms with E-state index in [9.17, 15) is 9.59 Å². The van der Waals surface area contributed by atoms with Crippen molar-refractivity contribution in [2.24, 2.45) is 0 Å². The molecule has 6 heteroatoms. The third-order valence-electron chi connectivity index (χ3n) is 4.28. The average Bonchev–Trinajstić information content (AvgIpc) is 2.86. The molecule has 6 nitrogen and oxygen atoms in total. The average molecular weight is 283 g/mol. The van der Waals surface area contributed by atoms with Crippen LogP contribution in [-0.4, -0.2) is 76.1 Å². The molecule has 1 N–H and O–H groups in total. The lowest BCUT2D eigenvalue weighted by Crippen LogP contribution is -2.57. The summed E-state index contributed by atoms with van der Waals surface area (Å²) in [5.41, 5.74) is 0.117. The normalized spacial score (nSPS) is 25.1. The highest BCUT2D eigenvalue weighted by atomic mass is 16.4. The predicted molar refractivity (Wildman–Crippen MR) is 75.7 cm³/mol. The zero-order valence-corrected chi connectivity index (χ0v) is 12.6. The first-order valence-electron chi connectivity index (χ1n) is 7.34. The Bertz CT molecular complexity index is 384. The van der Waals surface area contributed by atoms with Gasteiger partial charge in [-0.25, -0.2) is 9.59 Å². The first-order valence-corrected chi connectivity index (χ1v) is 7.34. The van der Waals surface area contributed by atoms with Gasteiger partial charge in [0.1, 0.15) is 6.04 Å². The van der Waals surface area contributed by atoms with E-state index in [1.807, 2.05) is 0 Å². The summed E-state index contributed by atoms with van der Waals surface area (Å²) in [5.74, 6) is -0.885. The number of rotatable bonds is 1. The summed E-state index contributed by atoms with van der Waals surface area (Å²) in [6, 6.07) is -0.744. The highest BCUT2D eigenvalue weighted by molar-refractivity contribution is 5.83. The first kappa shape index (κ1) is 15.1. The van der Waals surface area contributed by atoms with Crippen LogP contribution < -0.4 is 0 Å². The lowest BCUT2D eigenvalue weighted by atomic mass is 10.1. The molecule has 0 unspecified atom stereocenters. The maximum Gasteiger partial charge on any atom is 0.326 e. The van der Waals surface area contributed by atoms with E-state index in [0.29, 0.717) is 26.1 Å². The molecule has 2 saturated heterocycles. The summed E-state index contributed by atoms with van der Waals surface area (Å²) in [6.45, 7) is 10.1. The highest BCUT2D eigenvalue weighted by Crippen LogP contribution is 2.21. The maximum atomic E-state index is 12.4. The van der Waals surface area contributed by atoms with E-state index in [1.54, 1.807) is 4.90 Å². The van der Waals surface area contributed by atoms with Crippen LogP contribution in [0.5, 0.6) is 0 Å². The van der Waals surface area contributed by atoms with E-state index >= 15 is 0 Å². The molecule has 2 aliphatic heterocycles. The fourth-order valence-electron chi connectivity index (χ4n) is 3.00. The Morgan fingerprint density at radius 1 is 1.05 bits per heavy atom. The molecule has 2 aliphatic rings. The Morgan fingerprint density at radius 2 is 1.65 bits per heavy atom. The van der Waals surface area contributed by atoms with E-state index in [-0.39, 0.29) is 11.6 Å². The molecule has 114 valence electrons. The molecule has 0 aromatic heterocycles. The third kappa shape index (κ3) is 3.06. The van der Waals surface area contributed by atoms with Crippen LogP contribution in [0, 0.1) is 0 Å². The van der Waals surface area contributed by atoms with Crippen LogP contribution in [0.25, 0.3) is 0 Å². The fourth-order valence-corrected chi connectivity index (χ4v) is 3.00. The van der Waals surface area contributed by atoms with Gasteiger partial charge in [0.05, 0.1) is 0 Å². The Labute approximate surface area is 120 Å². The Kier molecular flexibility index (Phi) is 4.22. The third-order valence-corrected chi connectivity index (χ3v) is 4.28. The van der Waals surface area contributed by atoms with Crippen molar-refractivity contribution in [1.82, 2.24) is 14.7 Å². The van der Waals surface area contributed by atoms with Gasteiger partial charge in [0.15, 0.2) is 0 Å². The van der Waals surface area contributed by atoms with Crippen LogP contribution in [0.15, 0.2) is 0 Å². The molecular formula is C14H25N3O3. The van der Waals surface area contributed by atoms with Gasteiger partial charge in [0, 0.05) is 38.3 Å². The number of carboxylic acids is 1. The van der Waals surface area contributed by atoms with Crippen molar-refractivity contribution in [1.29, 1.82) is 0 Å². The first-order chi connectivity index (χ1) is 9.30. The van der Waals surface area contributed by atoms with Crippen LogP contribution in [0.4, 0.5) is 4.79 Å². The van der Waals surface area contributed by atoms with Crippen molar-refractivity contribution in [2.45, 2.75) is 45.2 Å². The van der Waals surface area contributed by atoms with Crippen molar-refractivity contribution in [3.8, 4) is 0 Å². The van der Waals surface area contributed by atoms with E-state index in [4.69, 9.17) is 5.11 Å². The van der Waals surface area contributed by atoms with E-state index in [1.165, 1.54) is 4.90 Å². The quantitative estimate of drug-likeness (QED) is 0.782. The number of likely N-dealkylation sites (tertiary alicyclic amines) is 1. The summed E-state index contributed by atoms with van der Waals surface area (Å²) in [6.07, 6.45) is 1.35. The Balaban J connectivity index is 1.93. The van der Waals surface area contributed by atoms with Gasteiger partial charge in [-0.05, 0) is 33.6 Å². The number of aliphatic carboxylic acids is 1. The summed E-state index contributed by atoms with van der Waals surface area (Å²) in [4.78, 5) is 29.3. The number of hydrogen-bond donors (Lipinski definition) is 1. The molecule has 0 aromatic rings. The van der Waals surface area contributed by atoms with Crippen LogP contribution >= 0.6 is 0 Å². The Morgan fingerprint density at radius 3 is 2.15 bits per heavy atom. The monoisotopic (exact) mass is 283 g/mol. The summed E-state index contributed by atoms with van der Waals surface area (Å²) >= 11 is 0. The predicted octanol–water partition coefficient (Wildman–Crippen LogP) is 1.07. The largest absolute Gasteiger partial charge is 0.480 e. The minimum Gasteiger partial charge on any atom is -0.480 e. The maximum absolute atomic E-state index is 12.4. The SMILES string of the molecule is CC(C)(C)N1CCN(C(=O)N2CCC[C@H]2C(=O)O)CC1. The van der Waals surface area contributed by atoms with Crippen molar-refractivity contribution >= 4 is 12.0 Å². The number of hydrogen-bond acceptors (Lipinski definition) is 3. The summed E-state index contributed by atoms with van der Waals surface area (Å²) in [7, 11) is 0. The molecule has 2 heterocycles. The number of urea groups is 1. The molecular weight excluding hydrogens is 258 g/mol. The highest BCUT2D eigenvalue weighted by Gasteiger charge is 2.37. The standard InChI is InChI=1S/C14H25N3O3/c1-14(2,3)16-9-7-15(8-10-16)13(20)17-6-4-5-11(17)12(18)19/h11H,4-10H2,1-3H3,(H,18,19)/t11-/m0/s1. The number of carbonyl (C=O) groups is 2. The van der Waals surface area contributed by atoms with Crippen molar-refractivity contribution < 1.29 is 14.7 Å². The van der Waals surface area contributed by atoms with E-state index in [0.717, 1.165) is 19.5 Å². The van der Waals surface area contributed by atoms with Crippen molar-refractivity contribution in [3.05, 3.63) is 0 Å². The van der Waals surface area contributed by atoms with Crippen LogP contribution in [0.1, 0.15) is 33.6 Å². The van der Waals surface area contributed by atoms with E-state index < -0.39 is 12.0 Å². The van der Waals surface area contributed by atoms with Gasteiger partial charge in [-0.3, -0.25) is 4.90 Å². The zero-order chi connectivity index (χ0) is 14.9. The lowest BCUT2D eigenvalue weighted by Gasteiger charge is -2.43. The fraction of sp³-hybridized carbons (Fsp3) is 0.857. The molecule has 0 saturated carbocycles. The number of nitrogens with zero attached hydrogens (tertiary/aromatic N) is 3. The number of amides is 2. The van der Waals surface area contributed by atoms with Gasteiger partial charge in [0.2, 0.25) is 0 Å². The van der Waals surface area contributed by atoms with Gasteiger partial charge < -0.3 is 14.9 Å². The van der Waals surface area contributed by atoms with Crippen molar-refractivity contribution in [3.63, 3.8) is 0 Å². The molecule has 0 aromatic carbocycles. The number of carbonyl (C=O) groups excluding carboxylic acids is 1. The molecule has 0 radical (unpaired) electrons. The number of piperazine rings is 1. The van der Waals surface area contributed by atoms with Gasteiger partial charge in [-0.1, -0.05) is 0 Å². The van der Waals surface area contributed by atoms with Crippen molar-refractivity contribution in [2.75, 3.05) is 32.7 Å². The Hall–Kier alpha value is -1.30. The second kappa shape index (κ2) is 5.60. The van der Waals surface area contributed by atoms with Gasteiger partial charge in [-0.2, -0.15) is 0 Å². The van der Waals surface area contributed by atoms with Gasteiger partial charge in [-0.15, -0.1) is 0 Å². The second-order valence-electron chi connectivity index (χ2n) is 6.62. The second-order valence-corrected chi connectivity index (χ2v) is 6.62. The molecule has 0 bridgehead atoms. The van der Waals surface area contributed by atoms with Gasteiger partial charge >= 0.3 is 12.0 Å². The summed E-state index contributed by atoms with van der Waals surface area (Å²) < 4.78 is 0. The lowest BCUT2D eigenvalue weighted by molar-refractivity contribution is -0.141. The van der Waals surface area contributed by atoms with Crippen LogP contribution in [0.2, 0.25) is 0 Å². The molecule has 1 atom stereocenters. The van der Waals surface area contributed by atoms with Crippen LogP contribution in [-0.2, 0) is 4.79 Å². The van der Waals surface area contributed by atoms with Crippen LogP contribution in [0.3, 0.4) is 0 Å². The molecule has 0 spiro atoms. The molecule has 2 amide bonds. The molecule has 2 fully saturated rings. The minimum atomic E-state index is -0.885. The smallest absolute Gasteiger partial charge is 0.326 e. The molecule has 20 heavy (non-hydrogen) atoms. The summed E-state index contributed by atoms with van der Waals surface area (Å²) in [5, 5.41) is 9.16. The topological polar surface area (TPSA) is 64.1 Å². The molecule has 2 rings (SSSR count). The molecule has 0 aliphatic carbocycles. The number of carboxylic acid groups (broad SMARTS) is 1. The van der Waals surface area contributed by atoms with Gasteiger partial charge in [0.25, 0.3) is 0 Å². The zero-order valence-electron chi connectivity index (χ0n) is 12.6. The van der Waals surface area contributed by atoms with E-state index in [2.05, 4.69) is 25.7 Å².